The predicted octanol–water partition coefficient (Wildman–Crippen LogP) is 4.09. The molecule has 0 aliphatic rings. The van der Waals surface area contributed by atoms with E-state index in [1.165, 1.54) is 0 Å². The Morgan fingerprint density at radius 1 is 1.00 bits per heavy atom. The highest BCUT2D eigenvalue weighted by molar-refractivity contribution is 7.80. The van der Waals surface area contributed by atoms with Crippen LogP contribution in [0.3, 0.4) is 0 Å². The van der Waals surface area contributed by atoms with Crippen molar-refractivity contribution < 1.29 is 9.47 Å². The van der Waals surface area contributed by atoms with Crippen LogP contribution in [-0.2, 0) is 0 Å². The molecule has 0 saturated heterocycles. The summed E-state index contributed by atoms with van der Waals surface area (Å²) in [6.45, 7) is 0.661. The van der Waals surface area contributed by atoms with Crippen LogP contribution in [-0.4, -0.2) is 18.2 Å². The van der Waals surface area contributed by atoms with E-state index in [9.17, 15) is 0 Å². The summed E-state index contributed by atoms with van der Waals surface area (Å²) >= 11 is 16.9. The van der Waals surface area contributed by atoms with Gasteiger partial charge in [-0.15, -0.1) is 0 Å². The maximum absolute atomic E-state index is 6.00. The van der Waals surface area contributed by atoms with Crippen molar-refractivity contribution in [2.45, 2.75) is 0 Å². The average molecular weight is 342 g/mol. The summed E-state index contributed by atoms with van der Waals surface area (Å²) in [7, 11) is 0. The van der Waals surface area contributed by atoms with Crippen molar-refractivity contribution in [2.24, 2.45) is 5.73 Å². The highest BCUT2D eigenvalue weighted by Gasteiger charge is 2.06. The lowest BCUT2D eigenvalue weighted by Crippen LogP contribution is -2.14. The lowest BCUT2D eigenvalue weighted by molar-refractivity contribution is 0.217. The summed E-state index contributed by atoms with van der Waals surface area (Å²) in [5.74, 6) is 1.15. The van der Waals surface area contributed by atoms with E-state index in [1.54, 1.807) is 24.3 Å². The third-order valence-corrected chi connectivity index (χ3v) is 3.41. The zero-order valence-electron chi connectivity index (χ0n) is 11.0. The molecule has 0 aliphatic heterocycles. The number of thiocarbonyl (C=S) groups is 1. The first-order valence-electron chi connectivity index (χ1n) is 6.17. The Morgan fingerprint density at radius 3 is 2.38 bits per heavy atom. The number of benzene rings is 2. The van der Waals surface area contributed by atoms with Gasteiger partial charge in [-0.3, -0.25) is 0 Å². The number of para-hydroxylation sites is 1. The van der Waals surface area contributed by atoms with Crippen LogP contribution in [0.25, 0.3) is 0 Å². The van der Waals surface area contributed by atoms with Crippen molar-refractivity contribution >= 4 is 40.4 Å². The molecule has 21 heavy (non-hydrogen) atoms. The molecule has 0 amide bonds. The molecule has 0 heterocycles. The minimum Gasteiger partial charge on any atom is -0.489 e. The van der Waals surface area contributed by atoms with Crippen molar-refractivity contribution in [3.8, 4) is 11.5 Å². The molecule has 0 aliphatic carbocycles. The number of halogens is 2. The van der Waals surface area contributed by atoms with Crippen molar-refractivity contribution in [3.05, 3.63) is 58.1 Å². The zero-order valence-corrected chi connectivity index (χ0v) is 13.3. The number of nitrogens with two attached hydrogens (primary N) is 1. The van der Waals surface area contributed by atoms with Gasteiger partial charge in [-0.05, 0) is 24.3 Å². The molecule has 0 saturated carbocycles. The van der Waals surface area contributed by atoms with Gasteiger partial charge in [0.25, 0.3) is 0 Å². The van der Waals surface area contributed by atoms with Gasteiger partial charge in [0.1, 0.15) is 29.7 Å². The van der Waals surface area contributed by atoms with Gasteiger partial charge in [-0.1, -0.05) is 47.6 Å². The molecule has 2 rings (SSSR count). The van der Waals surface area contributed by atoms with Crippen LogP contribution >= 0.6 is 35.4 Å². The third-order valence-electron chi connectivity index (χ3n) is 2.64. The smallest absolute Gasteiger partial charge is 0.139 e. The van der Waals surface area contributed by atoms with Crippen molar-refractivity contribution in [1.82, 2.24) is 0 Å². The summed E-state index contributed by atoms with van der Waals surface area (Å²) < 4.78 is 11.2. The Hall–Kier alpha value is -1.49. The molecule has 6 heteroatoms. The van der Waals surface area contributed by atoms with E-state index >= 15 is 0 Å². The Labute approximate surface area is 138 Å². The summed E-state index contributed by atoms with van der Waals surface area (Å²) in [4.78, 5) is 0.296. The van der Waals surface area contributed by atoms with E-state index in [0.717, 1.165) is 0 Å². The van der Waals surface area contributed by atoms with Gasteiger partial charge in [0.15, 0.2) is 0 Å². The maximum atomic E-state index is 6.00. The Balaban J connectivity index is 1.91. The van der Waals surface area contributed by atoms with Gasteiger partial charge in [0, 0.05) is 11.1 Å². The number of hydrogen-bond acceptors (Lipinski definition) is 3. The maximum Gasteiger partial charge on any atom is 0.139 e. The quantitative estimate of drug-likeness (QED) is 0.634. The van der Waals surface area contributed by atoms with E-state index < -0.39 is 0 Å². The lowest BCUT2D eigenvalue weighted by atomic mass is 10.2. The van der Waals surface area contributed by atoms with E-state index in [4.69, 9.17) is 50.6 Å². The molecule has 2 aromatic carbocycles. The second-order valence-electron chi connectivity index (χ2n) is 4.13. The number of rotatable bonds is 6. The standard InChI is InChI=1S/C15H13Cl2NO2S/c16-10-5-6-12(17)14(9-10)20-8-7-19-13-4-2-1-3-11(13)15(18)21/h1-6,9H,7-8H2,(H2,18,21). The molecule has 2 aromatic rings. The minimum absolute atomic E-state index is 0.296. The SMILES string of the molecule is NC(=S)c1ccccc1OCCOc1cc(Cl)ccc1Cl. The molecule has 3 nitrogen and oxygen atoms in total. The van der Waals surface area contributed by atoms with Gasteiger partial charge in [0.2, 0.25) is 0 Å². The van der Waals surface area contributed by atoms with E-state index in [0.29, 0.717) is 45.3 Å². The number of hydrogen-bond donors (Lipinski definition) is 1. The summed E-state index contributed by atoms with van der Waals surface area (Å²) in [6, 6.07) is 12.4. The normalized spacial score (nSPS) is 10.2. The first kappa shape index (κ1) is 15.9. The summed E-state index contributed by atoms with van der Waals surface area (Å²) in [5, 5.41) is 1.07. The van der Waals surface area contributed by atoms with Crippen LogP contribution in [0.4, 0.5) is 0 Å². The Bertz CT molecular complexity index is 649. The van der Waals surface area contributed by atoms with Crippen molar-refractivity contribution in [1.29, 1.82) is 0 Å². The summed E-state index contributed by atoms with van der Waals surface area (Å²) in [5.41, 5.74) is 6.34. The zero-order chi connectivity index (χ0) is 15.2. The molecule has 2 N–H and O–H groups in total. The van der Waals surface area contributed by atoms with Crippen LogP contribution in [0.1, 0.15) is 5.56 Å². The van der Waals surface area contributed by atoms with Crippen LogP contribution in [0.15, 0.2) is 42.5 Å². The van der Waals surface area contributed by atoms with Gasteiger partial charge in [-0.2, -0.15) is 0 Å². The molecule has 0 fully saturated rings. The molecular weight excluding hydrogens is 329 g/mol. The fourth-order valence-corrected chi connectivity index (χ4v) is 2.19. The summed E-state index contributed by atoms with van der Waals surface area (Å²) in [6.07, 6.45) is 0. The molecule has 0 bridgehead atoms. The molecule has 110 valence electrons. The third kappa shape index (κ3) is 4.49. The van der Waals surface area contributed by atoms with Gasteiger partial charge < -0.3 is 15.2 Å². The van der Waals surface area contributed by atoms with E-state index in [1.807, 2.05) is 18.2 Å². The van der Waals surface area contributed by atoms with E-state index in [2.05, 4.69) is 0 Å². The fourth-order valence-electron chi connectivity index (χ4n) is 1.69. The fraction of sp³-hybridized carbons (Fsp3) is 0.133. The molecule has 0 atom stereocenters. The molecule has 0 spiro atoms. The number of ether oxygens (including phenoxy) is 2. The highest BCUT2D eigenvalue weighted by Crippen LogP contribution is 2.27. The first-order chi connectivity index (χ1) is 10.1. The van der Waals surface area contributed by atoms with Crippen LogP contribution < -0.4 is 15.2 Å². The molecular formula is C15H13Cl2NO2S. The van der Waals surface area contributed by atoms with Crippen LogP contribution in [0, 0.1) is 0 Å². The van der Waals surface area contributed by atoms with Crippen LogP contribution in [0.2, 0.25) is 10.0 Å². The monoisotopic (exact) mass is 341 g/mol. The average Bonchev–Trinajstić information content (AvgIpc) is 2.47. The topological polar surface area (TPSA) is 44.5 Å². The second-order valence-corrected chi connectivity index (χ2v) is 5.42. The van der Waals surface area contributed by atoms with E-state index in [-0.39, 0.29) is 0 Å². The van der Waals surface area contributed by atoms with Crippen LogP contribution in [0.5, 0.6) is 11.5 Å². The lowest BCUT2D eigenvalue weighted by Gasteiger charge is -2.12. The van der Waals surface area contributed by atoms with Gasteiger partial charge in [0.05, 0.1) is 10.6 Å². The van der Waals surface area contributed by atoms with Gasteiger partial charge >= 0.3 is 0 Å². The highest BCUT2D eigenvalue weighted by atomic mass is 35.5. The Kier molecular flexibility index (Phi) is 5.67. The van der Waals surface area contributed by atoms with Gasteiger partial charge in [-0.25, -0.2) is 0 Å². The minimum atomic E-state index is 0.296. The Morgan fingerprint density at radius 2 is 1.67 bits per heavy atom. The molecule has 0 aromatic heterocycles. The molecule has 0 unspecified atom stereocenters. The second kappa shape index (κ2) is 7.50. The van der Waals surface area contributed by atoms with Crippen molar-refractivity contribution in [2.75, 3.05) is 13.2 Å². The largest absolute Gasteiger partial charge is 0.489 e. The predicted molar refractivity (Wildman–Crippen MR) is 89.8 cm³/mol. The molecule has 0 radical (unpaired) electrons. The first-order valence-corrected chi connectivity index (χ1v) is 7.34. The van der Waals surface area contributed by atoms with Crippen molar-refractivity contribution in [3.63, 3.8) is 0 Å².